The molecule has 0 spiro atoms. The van der Waals surface area contributed by atoms with Gasteiger partial charge in [-0.25, -0.2) is 4.98 Å². The molecule has 0 unspecified atom stereocenters. The van der Waals surface area contributed by atoms with Gasteiger partial charge in [-0.3, -0.25) is 19.3 Å². The molecule has 0 radical (unpaired) electrons. The van der Waals surface area contributed by atoms with Crippen LogP contribution in [0.15, 0.2) is 47.5 Å². The number of nitrogens with zero attached hydrogens (tertiary/aromatic N) is 5. The molecule has 1 saturated carbocycles. The topological polar surface area (TPSA) is 79.4 Å². The zero-order valence-corrected chi connectivity index (χ0v) is 17.1. The number of amides is 1. The summed E-state index contributed by atoms with van der Waals surface area (Å²) in [6, 6.07) is 6.50. The summed E-state index contributed by atoms with van der Waals surface area (Å²) in [5.74, 6) is 0.438. The maximum atomic E-state index is 12.7. The Bertz CT molecular complexity index is 1010. The van der Waals surface area contributed by atoms with Crippen LogP contribution in [0.2, 0.25) is 0 Å². The van der Waals surface area contributed by atoms with Gasteiger partial charge in [0.05, 0.1) is 12.5 Å². The second-order valence-corrected chi connectivity index (χ2v) is 8.12. The van der Waals surface area contributed by atoms with Gasteiger partial charge in [0.2, 0.25) is 0 Å². The van der Waals surface area contributed by atoms with Crippen LogP contribution in [0, 0.1) is 0 Å². The van der Waals surface area contributed by atoms with Crippen LogP contribution in [0.5, 0.6) is 0 Å². The number of pyridine rings is 1. The molecule has 3 aromatic heterocycles. The second kappa shape index (κ2) is 8.04. The van der Waals surface area contributed by atoms with Crippen molar-refractivity contribution in [1.29, 1.82) is 0 Å². The molecule has 1 aliphatic carbocycles. The van der Waals surface area contributed by atoms with Crippen molar-refractivity contribution in [2.24, 2.45) is 7.05 Å². The molecule has 3 aromatic rings. The summed E-state index contributed by atoms with van der Waals surface area (Å²) >= 11 is 0. The zero-order chi connectivity index (χ0) is 20.5. The Morgan fingerprint density at radius 3 is 2.67 bits per heavy atom. The largest absolute Gasteiger partial charge is 0.458 e. The number of furan rings is 1. The Morgan fingerprint density at radius 1 is 1.17 bits per heavy atom. The molecule has 1 N–H and O–H groups in total. The SMILES string of the molecule is Cn1cc(-c2ccoc2C(=O)Nc2ccc(CN3CCN(C4CC4)CC3)cn2)cn1. The van der Waals surface area contributed by atoms with E-state index in [2.05, 4.69) is 25.2 Å². The number of piperazine rings is 1. The lowest BCUT2D eigenvalue weighted by molar-refractivity contribution is 0.0997. The lowest BCUT2D eigenvalue weighted by atomic mass is 10.1. The molecule has 8 nitrogen and oxygen atoms in total. The fraction of sp³-hybridized carbons (Fsp3) is 0.409. The highest BCUT2D eigenvalue weighted by atomic mass is 16.3. The van der Waals surface area contributed by atoms with Crippen molar-refractivity contribution in [3.05, 3.63) is 54.4 Å². The Morgan fingerprint density at radius 2 is 2.00 bits per heavy atom. The van der Waals surface area contributed by atoms with Crippen LogP contribution in [0.25, 0.3) is 11.1 Å². The van der Waals surface area contributed by atoms with Crippen molar-refractivity contribution >= 4 is 11.7 Å². The molecule has 8 heteroatoms. The quantitative estimate of drug-likeness (QED) is 0.678. The van der Waals surface area contributed by atoms with Gasteiger partial charge in [-0.05, 0) is 30.5 Å². The minimum absolute atomic E-state index is 0.252. The maximum absolute atomic E-state index is 12.7. The predicted octanol–water partition coefficient (Wildman–Crippen LogP) is 2.61. The number of nitrogens with one attached hydrogen (secondary N) is 1. The minimum Gasteiger partial charge on any atom is -0.458 e. The Hall–Kier alpha value is -2.97. The van der Waals surface area contributed by atoms with Gasteiger partial charge in [-0.1, -0.05) is 6.07 Å². The summed E-state index contributed by atoms with van der Waals surface area (Å²) in [5, 5.41) is 6.98. The Labute approximate surface area is 175 Å². The van der Waals surface area contributed by atoms with Gasteiger partial charge in [-0.2, -0.15) is 5.10 Å². The fourth-order valence-corrected chi connectivity index (χ4v) is 4.02. The van der Waals surface area contributed by atoms with Gasteiger partial charge >= 0.3 is 0 Å². The number of hydrogen-bond donors (Lipinski definition) is 1. The smallest absolute Gasteiger partial charge is 0.293 e. The summed E-state index contributed by atoms with van der Waals surface area (Å²) in [4.78, 5) is 22.2. The molecule has 0 aromatic carbocycles. The summed E-state index contributed by atoms with van der Waals surface area (Å²) in [6.45, 7) is 5.42. The van der Waals surface area contributed by atoms with E-state index in [1.165, 1.54) is 19.1 Å². The van der Waals surface area contributed by atoms with Gasteiger partial charge < -0.3 is 9.73 Å². The van der Waals surface area contributed by atoms with E-state index >= 15 is 0 Å². The van der Waals surface area contributed by atoms with Crippen LogP contribution in [0.3, 0.4) is 0 Å². The number of rotatable bonds is 6. The summed E-state index contributed by atoms with van der Waals surface area (Å²) in [6.07, 6.45) is 9.65. The van der Waals surface area contributed by atoms with E-state index < -0.39 is 0 Å². The first-order valence-corrected chi connectivity index (χ1v) is 10.4. The zero-order valence-electron chi connectivity index (χ0n) is 17.1. The van der Waals surface area contributed by atoms with Crippen molar-refractivity contribution in [2.45, 2.75) is 25.4 Å². The van der Waals surface area contributed by atoms with Crippen molar-refractivity contribution in [3.8, 4) is 11.1 Å². The van der Waals surface area contributed by atoms with E-state index in [-0.39, 0.29) is 11.7 Å². The normalized spacial score (nSPS) is 17.9. The van der Waals surface area contributed by atoms with Crippen molar-refractivity contribution in [2.75, 3.05) is 31.5 Å². The van der Waals surface area contributed by atoms with E-state index in [1.807, 2.05) is 31.6 Å². The van der Waals surface area contributed by atoms with Crippen molar-refractivity contribution in [3.63, 3.8) is 0 Å². The number of carbonyl (C=O) groups excluding carboxylic acids is 1. The van der Waals surface area contributed by atoms with Gasteiger partial charge in [0, 0.05) is 69.3 Å². The monoisotopic (exact) mass is 406 g/mol. The standard InChI is InChI=1S/C22H26N6O2/c1-26-15-17(13-24-26)19-6-11-30-21(19)22(29)25-20-5-2-16(12-23-20)14-27-7-9-28(10-8-27)18-3-4-18/h2,5-6,11-13,15,18H,3-4,7-10,14H2,1H3,(H,23,25,29). The lowest BCUT2D eigenvalue weighted by Crippen LogP contribution is -2.46. The highest BCUT2D eigenvalue weighted by Gasteiger charge is 2.31. The third-order valence-electron chi connectivity index (χ3n) is 5.83. The number of aromatic nitrogens is 3. The average Bonchev–Trinajstić information content (AvgIpc) is 3.32. The van der Waals surface area contributed by atoms with Crippen LogP contribution in [-0.4, -0.2) is 62.7 Å². The first-order chi connectivity index (χ1) is 14.7. The molecule has 30 heavy (non-hydrogen) atoms. The Balaban J connectivity index is 1.18. The van der Waals surface area contributed by atoms with Crippen molar-refractivity contribution in [1.82, 2.24) is 24.6 Å². The molecule has 156 valence electrons. The van der Waals surface area contributed by atoms with Crippen LogP contribution in [-0.2, 0) is 13.6 Å². The molecule has 2 aliphatic rings. The molecule has 5 rings (SSSR count). The van der Waals surface area contributed by atoms with E-state index in [4.69, 9.17) is 4.42 Å². The molecule has 1 aliphatic heterocycles. The van der Waals surface area contributed by atoms with Gasteiger partial charge in [0.15, 0.2) is 5.76 Å². The molecule has 1 saturated heterocycles. The molecule has 0 atom stereocenters. The molecular weight excluding hydrogens is 380 g/mol. The van der Waals surface area contributed by atoms with E-state index in [9.17, 15) is 4.79 Å². The predicted molar refractivity (Wildman–Crippen MR) is 113 cm³/mol. The third kappa shape index (κ3) is 4.15. The highest BCUT2D eigenvalue weighted by molar-refractivity contribution is 6.06. The minimum atomic E-state index is -0.324. The van der Waals surface area contributed by atoms with Crippen LogP contribution < -0.4 is 5.32 Å². The summed E-state index contributed by atoms with van der Waals surface area (Å²) < 4.78 is 7.12. The van der Waals surface area contributed by atoms with Crippen LogP contribution in [0.4, 0.5) is 5.82 Å². The molecule has 0 bridgehead atoms. The molecule has 1 amide bonds. The van der Waals surface area contributed by atoms with Crippen LogP contribution >= 0.6 is 0 Å². The number of aryl methyl sites for hydroxylation is 1. The third-order valence-corrected chi connectivity index (χ3v) is 5.83. The summed E-state index contributed by atoms with van der Waals surface area (Å²) in [5.41, 5.74) is 2.70. The molecular formula is C22H26N6O2. The van der Waals surface area contributed by atoms with E-state index in [0.29, 0.717) is 11.4 Å². The van der Waals surface area contributed by atoms with Crippen LogP contribution in [0.1, 0.15) is 29.0 Å². The van der Waals surface area contributed by atoms with Gasteiger partial charge in [-0.15, -0.1) is 0 Å². The van der Waals surface area contributed by atoms with Crippen molar-refractivity contribution < 1.29 is 9.21 Å². The van der Waals surface area contributed by atoms with Gasteiger partial charge in [0.1, 0.15) is 5.82 Å². The number of hydrogen-bond acceptors (Lipinski definition) is 6. The second-order valence-electron chi connectivity index (χ2n) is 8.12. The maximum Gasteiger partial charge on any atom is 0.293 e. The molecule has 2 fully saturated rings. The highest BCUT2D eigenvalue weighted by Crippen LogP contribution is 2.28. The lowest BCUT2D eigenvalue weighted by Gasteiger charge is -2.34. The number of anilines is 1. The number of carbonyl (C=O) groups is 1. The first kappa shape index (κ1) is 19.0. The fourth-order valence-electron chi connectivity index (χ4n) is 4.02. The average molecular weight is 406 g/mol. The van der Waals surface area contributed by atoms with E-state index in [0.717, 1.165) is 49.9 Å². The van der Waals surface area contributed by atoms with Gasteiger partial charge in [0.25, 0.3) is 5.91 Å². The first-order valence-electron chi connectivity index (χ1n) is 10.4. The van der Waals surface area contributed by atoms with E-state index in [1.54, 1.807) is 16.9 Å². The molecule has 4 heterocycles. The summed E-state index contributed by atoms with van der Waals surface area (Å²) in [7, 11) is 1.84. The Kier molecular flexibility index (Phi) is 5.10.